The number of nitrogen functional groups attached to an aromatic ring is 1. The summed E-state index contributed by atoms with van der Waals surface area (Å²) in [6.45, 7) is 2.61. The molecule has 0 aliphatic heterocycles. The first-order chi connectivity index (χ1) is 26.0. The molecule has 0 saturated heterocycles. The predicted octanol–water partition coefficient (Wildman–Crippen LogP) is 11.7. The van der Waals surface area contributed by atoms with E-state index in [-0.39, 0.29) is 5.84 Å². The van der Waals surface area contributed by atoms with Crippen LogP contribution in [-0.4, -0.2) is 10.2 Å². The smallest absolute Gasteiger partial charge is 0.122 e. The van der Waals surface area contributed by atoms with Gasteiger partial charge in [-0.1, -0.05) is 175 Å². The van der Waals surface area contributed by atoms with Gasteiger partial charge < -0.3 is 15.9 Å². The number of benzene rings is 8. The first kappa shape index (κ1) is 33.4. The van der Waals surface area contributed by atoms with Gasteiger partial charge in [0.1, 0.15) is 5.84 Å². The maximum atomic E-state index is 7.01. The molecule has 0 bridgehead atoms. The third-order valence-corrected chi connectivity index (χ3v) is 10.0. The van der Waals surface area contributed by atoms with Gasteiger partial charge in [-0.2, -0.15) is 0 Å². The third-order valence-electron chi connectivity index (χ3n) is 10.0. The van der Waals surface area contributed by atoms with Crippen LogP contribution in [0.15, 0.2) is 182 Å². The molecule has 10 aromatic rings. The van der Waals surface area contributed by atoms with E-state index in [1.807, 2.05) is 48.5 Å². The van der Waals surface area contributed by atoms with Crippen molar-refractivity contribution >= 4 is 54.7 Å². The summed E-state index contributed by atoms with van der Waals surface area (Å²) in [6.07, 6.45) is 0. The average Bonchev–Trinajstić information content (AvgIpc) is 3.74. The molecule has 2 heterocycles. The summed E-state index contributed by atoms with van der Waals surface area (Å²) in [5, 5.41) is 14.8. The van der Waals surface area contributed by atoms with Crippen molar-refractivity contribution < 1.29 is 0 Å². The monoisotopic (exact) mass is 684 g/mol. The first-order valence-corrected chi connectivity index (χ1v) is 17.9. The van der Waals surface area contributed by atoms with Crippen LogP contribution in [0.25, 0.3) is 71.1 Å². The molecular weight excluding hydrogens is 645 g/mol. The Morgan fingerprint density at radius 1 is 0.491 bits per heavy atom. The highest BCUT2D eigenvalue weighted by Gasteiger charge is 2.18. The molecule has 0 aliphatic carbocycles. The maximum Gasteiger partial charge on any atom is 0.122 e. The molecule has 0 fully saturated rings. The van der Waals surface area contributed by atoms with Crippen molar-refractivity contribution in [1.82, 2.24) is 4.40 Å². The van der Waals surface area contributed by atoms with Crippen LogP contribution in [0, 0.1) is 12.3 Å². The van der Waals surface area contributed by atoms with E-state index in [2.05, 4.69) is 145 Å². The van der Waals surface area contributed by atoms with Gasteiger partial charge in [-0.25, -0.2) is 0 Å². The fourth-order valence-electron chi connectivity index (χ4n) is 7.50. The van der Waals surface area contributed by atoms with Crippen LogP contribution in [0.1, 0.15) is 16.7 Å². The number of nitrogens with one attached hydrogen (secondary N) is 1. The summed E-state index contributed by atoms with van der Waals surface area (Å²) in [7, 11) is 0. The van der Waals surface area contributed by atoms with Crippen molar-refractivity contribution in [3.05, 3.63) is 199 Å². The first-order valence-electron chi connectivity index (χ1n) is 17.9. The van der Waals surface area contributed by atoms with Gasteiger partial charge in [0.05, 0.1) is 16.6 Å². The highest BCUT2D eigenvalue weighted by atomic mass is 14.9. The van der Waals surface area contributed by atoms with Gasteiger partial charge in [-0.15, -0.1) is 0 Å². The molecule has 0 radical (unpaired) electrons. The normalized spacial score (nSPS) is 11.1. The number of fused-ring (bicyclic) bond motifs is 7. The number of aryl methyl sites for hydroxylation is 1. The number of nitrogens with zero attached hydrogens (tertiary/aromatic N) is 1. The van der Waals surface area contributed by atoms with Gasteiger partial charge in [0, 0.05) is 33.7 Å². The molecule has 0 saturated carbocycles. The molecule has 256 valence electrons. The van der Waals surface area contributed by atoms with Gasteiger partial charge in [0.15, 0.2) is 0 Å². The molecule has 0 atom stereocenters. The zero-order valence-electron chi connectivity index (χ0n) is 29.6. The molecule has 0 aliphatic rings. The largest absolute Gasteiger partial charge is 0.384 e. The minimum absolute atomic E-state index is 0.121. The average molecular weight is 685 g/mol. The molecule has 0 unspecified atom stereocenters. The van der Waals surface area contributed by atoms with Crippen molar-refractivity contribution in [2.24, 2.45) is 11.5 Å². The summed E-state index contributed by atoms with van der Waals surface area (Å²) in [4.78, 5) is 0. The van der Waals surface area contributed by atoms with E-state index in [1.165, 1.54) is 82.2 Å². The highest BCUT2D eigenvalue weighted by Crippen LogP contribution is 2.42. The van der Waals surface area contributed by atoms with Gasteiger partial charge in [0.25, 0.3) is 0 Å². The number of para-hydroxylation sites is 2. The van der Waals surface area contributed by atoms with E-state index in [0.717, 1.165) is 5.56 Å². The van der Waals surface area contributed by atoms with Crippen LogP contribution in [-0.2, 0) is 6.54 Å². The molecule has 10 rings (SSSR count). The van der Waals surface area contributed by atoms with Crippen molar-refractivity contribution in [1.29, 1.82) is 5.41 Å². The number of amidine groups is 1. The standard InChI is InChI=1S/C35H24N2.C7H8N2.C7H8/c36-21-23-8-1-2-9-24(23)28-19-18-25(26-10-3-4-11-27(26)28)22-16-17-30-32-14-7-13-31-29-12-5-6-15-33(29)37(35(31)32)34(30)20-22;8-7(9)6-4-2-1-3-5-6;1-7-5-3-2-4-6-7/h1-20H,21,36H2;1-5H,(H3,8,9);2-6H,1H3. The molecular formula is C49H40N4. The summed E-state index contributed by atoms with van der Waals surface area (Å²) in [5.41, 5.74) is 23.3. The second kappa shape index (κ2) is 14.5. The third kappa shape index (κ3) is 6.26. The van der Waals surface area contributed by atoms with Crippen LogP contribution >= 0.6 is 0 Å². The van der Waals surface area contributed by atoms with E-state index in [0.29, 0.717) is 6.54 Å². The minimum atomic E-state index is 0.121. The lowest BCUT2D eigenvalue weighted by Crippen LogP contribution is -2.10. The Morgan fingerprint density at radius 3 is 1.68 bits per heavy atom. The van der Waals surface area contributed by atoms with E-state index < -0.39 is 0 Å². The topological polar surface area (TPSA) is 80.3 Å². The highest BCUT2D eigenvalue weighted by molar-refractivity contribution is 6.23. The van der Waals surface area contributed by atoms with Crippen LogP contribution in [0.4, 0.5) is 0 Å². The number of hydrogen-bond donors (Lipinski definition) is 3. The van der Waals surface area contributed by atoms with Crippen LogP contribution < -0.4 is 11.5 Å². The molecule has 2 aromatic heterocycles. The Kier molecular flexibility index (Phi) is 9.12. The number of hydrogen-bond acceptors (Lipinski definition) is 2. The van der Waals surface area contributed by atoms with Crippen LogP contribution in [0.2, 0.25) is 0 Å². The van der Waals surface area contributed by atoms with Gasteiger partial charge in [-0.3, -0.25) is 5.41 Å². The van der Waals surface area contributed by atoms with Crippen molar-refractivity contribution in [3.8, 4) is 22.3 Å². The SMILES string of the molecule is Cc1ccccc1.N=C(N)c1ccccc1.NCc1ccccc1-c1ccc(-c2ccc3c4cccc5c6ccccc6n(c3c2)c54)c2ccccc12. The minimum Gasteiger partial charge on any atom is -0.384 e. The molecule has 4 nitrogen and oxygen atoms in total. The van der Waals surface area contributed by atoms with Gasteiger partial charge in [0.2, 0.25) is 0 Å². The van der Waals surface area contributed by atoms with Gasteiger partial charge >= 0.3 is 0 Å². The number of rotatable bonds is 4. The van der Waals surface area contributed by atoms with Gasteiger partial charge in [-0.05, 0) is 57.6 Å². The molecule has 0 spiro atoms. The fraction of sp³-hybridized carbons (Fsp3) is 0.0408. The molecule has 8 aromatic carbocycles. The van der Waals surface area contributed by atoms with E-state index in [1.54, 1.807) is 0 Å². The zero-order chi connectivity index (χ0) is 36.3. The van der Waals surface area contributed by atoms with E-state index in [9.17, 15) is 0 Å². The van der Waals surface area contributed by atoms with Crippen LogP contribution in [0.5, 0.6) is 0 Å². The zero-order valence-corrected chi connectivity index (χ0v) is 29.6. The lowest BCUT2D eigenvalue weighted by molar-refractivity contribution is 1.07. The Balaban J connectivity index is 0.000000207. The molecule has 0 amide bonds. The fourth-order valence-corrected chi connectivity index (χ4v) is 7.50. The Hall–Kier alpha value is -6.75. The predicted molar refractivity (Wildman–Crippen MR) is 226 cm³/mol. The molecule has 53 heavy (non-hydrogen) atoms. The molecule has 5 N–H and O–H groups in total. The van der Waals surface area contributed by atoms with Crippen molar-refractivity contribution in [2.45, 2.75) is 13.5 Å². The second-order valence-electron chi connectivity index (χ2n) is 13.3. The summed E-state index contributed by atoms with van der Waals surface area (Å²) >= 11 is 0. The van der Waals surface area contributed by atoms with E-state index in [4.69, 9.17) is 16.9 Å². The molecule has 4 heteroatoms. The lowest BCUT2D eigenvalue weighted by Gasteiger charge is -2.14. The summed E-state index contributed by atoms with van der Waals surface area (Å²) in [6, 6.07) is 63.6. The lowest BCUT2D eigenvalue weighted by atomic mass is 9.90. The summed E-state index contributed by atoms with van der Waals surface area (Å²) in [5.74, 6) is 0.121. The second-order valence-corrected chi connectivity index (χ2v) is 13.3. The number of nitrogens with two attached hydrogens (primary N) is 2. The van der Waals surface area contributed by atoms with E-state index >= 15 is 0 Å². The Bertz CT molecular complexity index is 2850. The van der Waals surface area contributed by atoms with Crippen molar-refractivity contribution in [3.63, 3.8) is 0 Å². The van der Waals surface area contributed by atoms with Crippen molar-refractivity contribution in [2.75, 3.05) is 0 Å². The maximum absolute atomic E-state index is 7.01. The quantitative estimate of drug-likeness (QED) is 0.127. The Labute approximate surface area is 309 Å². The summed E-state index contributed by atoms with van der Waals surface area (Å²) < 4.78 is 2.45. The Morgan fingerprint density at radius 2 is 1.04 bits per heavy atom. The van der Waals surface area contributed by atoms with Crippen LogP contribution in [0.3, 0.4) is 0 Å². The number of aromatic nitrogens is 1.